The first-order chi connectivity index (χ1) is 8.49. The van der Waals surface area contributed by atoms with Gasteiger partial charge in [0, 0.05) is 19.2 Å². The lowest BCUT2D eigenvalue weighted by Gasteiger charge is -2.16. The summed E-state index contributed by atoms with van der Waals surface area (Å²) < 4.78 is 4.58. The number of hydrogen-bond acceptors (Lipinski definition) is 4. The first-order valence-electron chi connectivity index (χ1n) is 5.98. The molecule has 6 nitrogen and oxygen atoms in total. The van der Waals surface area contributed by atoms with Crippen LogP contribution in [0.15, 0.2) is 10.6 Å². The van der Waals surface area contributed by atoms with Crippen molar-refractivity contribution < 1.29 is 19.2 Å². The number of aromatic nitrogens is 1. The van der Waals surface area contributed by atoms with E-state index in [1.54, 1.807) is 4.90 Å². The van der Waals surface area contributed by atoms with Gasteiger partial charge in [-0.25, -0.2) is 4.79 Å². The third-order valence-corrected chi connectivity index (χ3v) is 3.39. The molecule has 2 heterocycles. The van der Waals surface area contributed by atoms with Gasteiger partial charge in [-0.15, -0.1) is 0 Å². The fraction of sp³-hybridized carbons (Fsp3) is 0.583. The largest absolute Gasteiger partial charge is 0.475 e. The minimum absolute atomic E-state index is 0.0665. The third kappa shape index (κ3) is 2.37. The van der Waals surface area contributed by atoms with Crippen molar-refractivity contribution in [1.29, 1.82) is 0 Å². The van der Waals surface area contributed by atoms with Crippen molar-refractivity contribution in [3.63, 3.8) is 0 Å². The molecule has 0 saturated carbocycles. The SMILES string of the molecule is CC(C)C1CCN(C(=O)c2cc(C(=O)O)on2)C1. The second-order valence-electron chi connectivity index (χ2n) is 4.93. The van der Waals surface area contributed by atoms with E-state index in [9.17, 15) is 9.59 Å². The van der Waals surface area contributed by atoms with Crippen LogP contribution in [0.4, 0.5) is 0 Å². The Balaban J connectivity index is 2.05. The second kappa shape index (κ2) is 4.80. The van der Waals surface area contributed by atoms with E-state index in [0.717, 1.165) is 6.42 Å². The summed E-state index contributed by atoms with van der Waals surface area (Å²) in [6.45, 7) is 5.66. The van der Waals surface area contributed by atoms with Gasteiger partial charge in [0.2, 0.25) is 5.76 Å². The molecule has 1 unspecified atom stereocenters. The molecule has 0 radical (unpaired) electrons. The van der Waals surface area contributed by atoms with Gasteiger partial charge in [-0.2, -0.15) is 0 Å². The van der Waals surface area contributed by atoms with Crippen LogP contribution in [0.3, 0.4) is 0 Å². The molecule has 2 rings (SSSR count). The van der Waals surface area contributed by atoms with E-state index in [4.69, 9.17) is 5.11 Å². The van der Waals surface area contributed by atoms with Crippen LogP contribution in [0.2, 0.25) is 0 Å². The number of nitrogens with zero attached hydrogens (tertiary/aromatic N) is 2. The zero-order valence-corrected chi connectivity index (χ0v) is 10.4. The van der Waals surface area contributed by atoms with Crippen LogP contribution in [0.5, 0.6) is 0 Å². The molecule has 0 aliphatic carbocycles. The van der Waals surface area contributed by atoms with Crippen molar-refractivity contribution in [3.8, 4) is 0 Å². The summed E-state index contributed by atoms with van der Waals surface area (Å²) in [7, 11) is 0. The summed E-state index contributed by atoms with van der Waals surface area (Å²) in [5, 5.41) is 12.2. The average Bonchev–Trinajstić information content (AvgIpc) is 2.97. The van der Waals surface area contributed by atoms with Crippen molar-refractivity contribution in [2.45, 2.75) is 20.3 Å². The normalized spacial score (nSPS) is 19.5. The molecule has 98 valence electrons. The highest BCUT2D eigenvalue weighted by atomic mass is 16.5. The zero-order chi connectivity index (χ0) is 13.3. The summed E-state index contributed by atoms with van der Waals surface area (Å²) in [6.07, 6.45) is 0.979. The summed E-state index contributed by atoms with van der Waals surface area (Å²) in [4.78, 5) is 24.4. The molecule has 6 heteroatoms. The molecule has 1 saturated heterocycles. The number of carbonyl (C=O) groups excluding carboxylic acids is 1. The number of amides is 1. The first kappa shape index (κ1) is 12.6. The zero-order valence-electron chi connectivity index (χ0n) is 10.4. The fourth-order valence-electron chi connectivity index (χ4n) is 2.15. The molecule has 0 spiro atoms. The Morgan fingerprint density at radius 1 is 1.56 bits per heavy atom. The summed E-state index contributed by atoms with van der Waals surface area (Å²) in [5.74, 6) is -0.745. The molecule has 18 heavy (non-hydrogen) atoms. The van der Waals surface area contributed by atoms with E-state index in [0.29, 0.717) is 24.9 Å². The Kier molecular flexibility index (Phi) is 3.36. The van der Waals surface area contributed by atoms with Crippen LogP contribution in [-0.4, -0.2) is 40.1 Å². The number of hydrogen-bond donors (Lipinski definition) is 1. The number of likely N-dealkylation sites (tertiary alicyclic amines) is 1. The highest BCUT2D eigenvalue weighted by Gasteiger charge is 2.30. The van der Waals surface area contributed by atoms with Crippen LogP contribution >= 0.6 is 0 Å². The lowest BCUT2D eigenvalue weighted by molar-refractivity contribution is 0.0649. The lowest BCUT2D eigenvalue weighted by Crippen LogP contribution is -2.29. The third-order valence-electron chi connectivity index (χ3n) is 3.39. The van der Waals surface area contributed by atoms with Crippen LogP contribution in [0.1, 0.15) is 41.3 Å². The molecule has 0 bridgehead atoms. The molecule has 1 aliphatic rings. The van der Waals surface area contributed by atoms with E-state index < -0.39 is 5.97 Å². The van der Waals surface area contributed by atoms with Gasteiger partial charge >= 0.3 is 5.97 Å². The maximum Gasteiger partial charge on any atom is 0.374 e. The molecule has 1 aromatic rings. The molecule has 0 aromatic carbocycles. The fourth-order valence-corrected chi connectivity index (χ4v) is 2.15. The second-order valence-corrected chi connectivity index (χ2v) is 4.93. The Bertz CT molecular complexity index is 466. The molecular formula is C12H16N2O4. The Morgan fingerprint density at radius 2 is 2.28 bits per heavy atom. The predicted molar refractivity (Wildman–Crippen MR) is 62.3 cm³/mol. The molecule has 1 aliphatic heterocycles. The van der Waals surface area contributed by atoms with Crippen molar-refractivity contribution >= 4 is 11.9 Å². The summed E-state index contributed by atoms with van der Waals surface area (Å²) in [5.41, 5.74) is 0.0665. The van der Waals surface area contributed by atoms with Gasteiger partial charge in [0.1, 0.15) is 0 Å². The maximum absolute atomic E-state index is 12.1. The Labute approximate surface area is 105 Å². The monoisotopic (exact) mass is 252 g/mol. The summed E-state index contributed by atoms with van der Waals surface area (Å²) >= 11 is 0. The highest BCUT2D eigenvalue weighted by Crippen LogP contribution is 2.24. The number of carboxylic acids is 1. The van der Waals surface area contributed by atoms with Crippen molar-refractivity contribution in [2.75, 3.05) is 13.1 Å². The minimum Gasteiger partial charge on any atom is -0.475 e. The quantitative estimate of drug-likeness (QED) is 0.881. The Morgan fingerprint density at radius 3 is 2.78 bits per heavy atom. The van der Waals surface area contributed by atoms with E-state index in [-0.39, 0.29) is 17.4 Å². The highest BCUT2D eigenvalue weighted by molar-refractivity contribution is 5.95. The number of aromatic carboxylic acids is 1. The van der Waals surface area contributed by atoms with Crippen LogP contribution in [0.25, 0.3) is 0 Å². The topological polar surface area (TPSA) is 83.6 Å². The van der Waals surface area contributed by atoms with Gasteiger partial charge in [0.15, 0.2) is 5.69 Å². The number of carboxylic acid groups (broad SMARTS) is 1. The smallest absolute Gasteiger partial charge is 0.374 e. The molecule has 1 amide bonds. The molecule has 1 aromatic heterocycles. The minimum atomic E-state index is -1.22. The molecule has 1 N–H and O–H groups in total. The first-order valence-corrected chi connectivity index (χ1v) is 5.98. The van der Waals surface area contributed by atoms with E-state index >= 15 is 0 Å². The number of carbonyl (C=O) groups is 2. The van der Waals surface area contributed by atoms with Crippen LogP contribution < -0.4 is 0 Å². The number of rotatable bonds is 3. The van der Waals surface area contributed by atoms with Crippen LogP contribution in [-0.2, 0) is 0 Å². The van der Waals surface area contributed by atoms with Crippen molar-refractivity contribution in [2.24, 2.45) is 11.8 Å². The average molecular weight is 252 g/mol. The molecule has 1 atom stereocenters. The van der Waals surface area contributed by atoms with Gasteiger partial charge in [-0.05, 0) is 18.3 Å². The molecular weight excluding hydrogens is 236 g/mol. The van der Waals surface area contributed by atoms with Gasteiger partial charge in [0.25, 0.3) is 5.91 Å². The van der Waals surface area contributed by atoms with Gasteiger partial charge in [-0.3, -0.25) is 4.79 Å². The van der Waals surface area contributed by atoms with Gasteiger partial charge in [0.05, 0.1) is 0 Å². The van der Waals surface area contributed by atoms with Crippen LogP contribution in [0, 0.1) is 11.8 Å². The lowest BCUT2D eigenvalue weighted by atomic mass is 9.95. The standard InChI is InChI=1S/C12H16N2O4/c1-7(2)8-3-4-14(6-8)11(15)9-5-10(12(16)17)18-13-9/h5,7-8H,3-4,6H2,1-2H3,(H,16,17). The maximum atomic E-state index is 12.1. The summed E-state index contributed by atoms with van der Waals surface area (Å²) in [6, 6.07) is 1.17. The molecule has 1 fully saturated rings. The van der Waals surface area contributed by atoms with Gasteiger partial charge < -0.3 is 14.5 Å². The Hall–Kier alpha value is -1.85. The van der Waals surface area contributed by atoms with E-state index in [1.165, 1.54) is 6.07 Å². The van der Waals surface area contributed by atoms with Crippen molar-refractivity contribution in [1.82, 2.24) is 10.1 Å². The van der Waals surface area contributed by atoms with Gasteiger partial charge in [-0.1, -0.05) is 19.0 Å². The van der Waals surface area contributed by atoms with Crippen molar-refractivity contribution in [3.05, 3.63) is 17.5 Å². The van der Waals surface area contributed by atoms with E-state index in [1.807, 2.05) is 0 Å². The van der Waals surface area contributed by atoms with E-state index in [2.05, 4.69) is 23.5 Å². The predicted octanol–water partition coefficient (Wildman–Crippen LogP) is 1.49.